The lowest BCUT2D eigenvalue weighted by atomic mass is 10.1. The van der Waals surface area contributed by atoms with Crippen LogP contribution < -0.4 is 5.73 Å². The van der Waals surface area contributed by atoms with E-state index in [1.54, 1.807) is 0 Å². The second-order valence-corrected chi connectivity index (χ2v) is 17.3. The Labute approximate surface area is 225 Å². The van der Waals surface area contributed by atoms with Crippen LogP contribution in [0, 0.1) is 0 Å². The molecule has 1 aliphatic carbocycles. The molecule has 8 nitrogen and oxygen atoms in total. The fourth-order valence-corrected chi connectivity index (χ4v) is 7.09. The highest BCUT2D eigenvalue weighted by atomic mass is 28.4. The number of rotatable bonds is 5. The number of fused-ring (bicyclic) bond motifs is 3. The van der Waals surface area contributed by atoms with Crippen LogP contribution >= 0.6 is 0 Å². The molecule has 1 aromatic carbocycles. The Kier molecular flexibility index (Phi) is 6.36. The monoisotopic (exact) mass is 532 g/mol. The van der Waals surface area contributed by atoms with Gasteiger partial charge in [0, 0.05) is 36.1 Å². The summed E-state index contributed by atoms with van der Waals surface area (Å²) in [6.07, 6.45) is 10.6. The van der Waals surface area contributed by atoms with E-state index in [1.807, 2.05) is 16.9 Å². The Morgan fingerprint density at radius 2 is 1.92 bits per heavy atom. The molecule has 4 aromatic rings. The third kappa shape index (κ3) is 4.54. The van der Waals surface area contributed by atoms with E-state index < -0.39 is 8.32 Å². The number of aromatic nitrogens is 5. The smallest absolute Gasteiger partial charge is 0.192 e. The number of hydrogen-bond donors (Lipinski definition) is 1. The molecule has 3 atom stereocenters. The average Bonchev–Trinajstić information content (AvgIpc) is 3.63. The fourth-order valence-electron chi connectivity index (χ4n) is 5.69. The summed E-state index contributed by atoms with van der Waals surface area (Å²) >= 11 is 0. The first kappa shape index (κ1) is 25.5. The van der Waals surface area contributed by atoms with Crippen LogP contribution in [0.3, 0.4) is 0 Å². The van der Waals surface area contributed by atoms with E-state index in [0.29, 0.717) is 18.0 Å². The third-order valence-electron chi connectivity index (χ3n) is 8.89. The quantitative estimate of drug-likeness (QED) is 0.283. The molecule has 4 heterocycles. The molecule has 2 fully saturated rings. The van der Waals surface area contributed by atoms with Gasteiger partial charge in [-0.15, -0.1) is 0 Å². The van der Waals surface area contributed by atoms with Crippen LogP contribution in [0.5, 0.6) is 0 Å². The van der Waals surface area contributed by atoms with Crippen molar-refractivity contribution in [1.82, 2.24) is 24.5 Å². The first-order chi connectivity index (χ1) is 18.1. The molecular formula is C29H40N6O2Si. The molecule has 2 N–H and O–H groups in total. The van der Waals surface area contributed by atoms with Crippen molar-refractivity contribution in [3.8, 4) is 11.3 Å². The maximum atomic E-state index is 6.73. The molecule has 0 spiro atoms. The van der Waals surface area contributed by atoms with Gasteiger partial charge < -0.3 is 14.9 Å². The molecule has 1 saturated heterocycles. The van der Waals surface area contributed by atoms with Crippen molar-refractivity contribution in [1.29, 1.82) is 0 Å². The number of pyridine rings is 1. The van der Waals surface area contributed by atoms with E-state index in [1.165, 1.54) is 0 Å². The first-order valence-corrected chi connectivity index (χ1v) is 16.9. The van der Waals surface area contributed by atoms with Gasteiger partial charge >= 0.3 is 0 Å². The molecule has 1 saturated carbocycles. The predicted molar refractivity (Wildman–Crippen MR) is 154 cm³/mol. The van der Waals surface area contributed by atoms with Gasteiger partial charge in [0.05, 0.1) is 22.6 Å². The highest BCUT2D eigenvalue weighted by molar-refractivity contribution is 6.74. The summed E-state index contributed by atoms with van der Waals surface area (Å²) in [4.78, 5) is 4.79. The van der Waals surface area contributed by atoms with Crippen LogP contribution in [0.1, 0.15) is 71.6 Å². The van der Waals surface area contributed by atoms with Crippen molar-refractivity contribution in [3.63, 3.8) is 0 Å². The molecule has 0 radical (unpaired) electrons. The zero-order valence-electron chi connectivity index (χ0n) is 23.3. The van der Waals surface area contributed by atoms with E-state index in [4.69, 9.17) is 25.0 Å². The molecule has 9 heteroatoms. The van der Waals surface area contributed by atoms with Crippen molar-refractivity contribution < 1.29 is 9.16 Å². The Hall–Kier alpha value is -2.75. The summed E-state index contributed by atoms with van der Waals surface area (Å²) in [6.45, 7) is 12.4. The van der Waals surface area contributed by atoms with Crippen molar-refractivity contribution in [2.24, 2.45) is 0 Å². The van der Waals surface area contributed by atoms with Crippen molar-refractivity contribution in [2.75, 3.05) is 12.3 Å². The number of nitrogens with zero attached hydrogens (tertiary/aromatic N) is 5. The molecule has 0 bridgehead atoms. The number of benzene rings is 1. The molecule has 1 aliphatic heterocycles. The number of nitrogen functional groups attached to an aromatic ring is 1. The van der Waals surface area contributed by atoms with Gasteiger partial charge in [0.1, 0.15) is 11.3 Å². The van der Waals surface area contributed by atoms with E-state index in [9.17, 15) is 0 Å². The molecule has 3 unspecified atom stereocenters. The van der Waals surface area contributed by atoms with Crippen LogP contribution in [-0.4, -0.2) is 45.6 Å². The minimum atomic E-state index is -1.79. The zero-order chi connectivity index (χ0) is 26.7. The molecule has 3 aromatic heterocycles. The van der Waals surface area contributed by atoms with E-state index in [-0.39, 0.29) is 11.3 Å². The predicted octanol–water partition coefficient (Wildman–Crippen LogP) is 6.84. The average molecular weight is 533 g/mol. The summed E-state index contributed by atoms with van der Waals surface area (Å²) in [5.74, 6) is 0.520. The Balaban J connectivity index is 1.29. The summed E-state index contributed by atoms with van der Waals surface area (Å²) in [7, 11) is -1.79. The topological polar surface area (TPSA) is 93.0 Å². The first-order valence-electron chi connectivity index (χ1n) is 14.0. The highest BCUT2D eigenvalue weighted by Crippen LogP contribution is 2.42. The van der Waals surface area contributed by atoms with Gasteiger partial charge in [-0.05, 0) is 74.9 Å². The van der Waals surface area contributed by atoms with Crippen LogP contribution in [0.25, 0.3) is 33.1 Å². The largest absolute Gasteiger partial charge is 0.414 e. The van der Waals surface area contributed by atoms with Gasteiger partial charge in [-0.1, -0.05) is 26.8 Å². The lowest BCUT2D eigenvalue weighted by molar-refractivity contribution is -0.0383. The second kappa shape index (κ2) is 9.46. The zero-order valence-corrected chi connectivity index (χ0v) is 24.3. The number of anilines is 1. The van der Waals surface area contributed by atoms with E-state index >= 15 is 0 Å². The van der Waals surface area contributed by atoms with Gasteiger partial charge in [0.2, 0.25) is 0 Å². The van der Waals surface area contributed by atoms with Gasteiger partial charge in [-0.2, -0.15) is 10.2 Å². The lowest BCUT2D eigenvalue weighted by Crippen LogP contribution is -2.43. The SMILES string of the molecule is CC(C)(C)[Si](C)(C)OC1CCC(n2cc3c(N)nc4cc(-c5ccnn5C5CCCCO5)ccc4c3n2)C1. The maximum Gasteiger partial charge on any atom is 0.192 e. The van der Waals surface area contributed by atoms with E-state index in [0.717, 1.165) is 78.2 Å². The molecule has 38 heavy (non-hydrogen) atoms. The van der Waals surface area contributed by atoms with Gasteiger partial charge in [-0.3, -0.25) is 4.68 Å². The molecule has 0 amide bonds. The second-order valence-electron chi connectivity index (χ2n) is 12.5. The van der Waals surface area contributed by atoms with Crippen LogP contribution in [0.4, 0.5) is 5.82 Å². The molecule has 2 aliphatic rings. The summed E-state index contributed by atoms with van der Waals surface area (Å²) in [6, 6.07) is 8.70. The van der Waals surface area contributed by atoms with Gasteiger partial charge in [-0.25, -0.2) is 9.67 Å². The Bertz CT molecular complexity index is 1460. The normalized spacial score (nSPS) is 23.0. The van der Waals surface area contributed by atoms with Crippen molar-refractivity contribution in [2.45, 2.75) is 95.8 Å². The minimum absolute atomic E-state index is 0.0171. The minimum Gasteiger partial charge on any atom is -0.414 e. The maximum absolute atomic E-state index is 6.73. The number of hydrogen-bond acceptors (Lipinski definition) is 6. The summed E-state index contributed by atoms with van der Waals surface area (Å²) < 4.78 is 16.8. The van der Waals surface area contributed by atoms with E-state index in [2.05, 4.69) is 68.0 Å². The van der Waals surface area contributed by atoms with Gasteiger partial charge in [0.15, 0.2) is 14.5 Å². The van der Waals surface area contributed by atoms with Crippen molar-refractivity contribution >= 4 is 35.9 Å². The lowest BCUT2D eigenvalue weighted by Gasteiger charge is -2.38. The van der Waals surface area contributed by atoms with Crippen molar-refractivity contribution in [3.05, 3.63) is 36.7 Å². The highest BCUT2D eigenvalue weighted by Gasteiger charge is 2.41. The summed E-state index contributed by atoms with van der Waals surface area (Å²) in [5, 5.41) is 11.8. The fraction of sp³-hybridized carbons (Fsp3) is 0.552. The molecule has 202 valence electrons. The third-order valence-corrected chi connectivity index (χ3v) is 13.4. The number of nitrogens with two attached hydrogens (primary N) is 1. The Morgan fingerprint density at radius 3 is 2.68 bits per heavy atom. The standard InChI is InChI=1S/C29H40N6O2Si/c1-29(2,3)38(4,5)37-21-11-10-20(17-21)34-18-23-27(33-34)22-12-9-19(16-24(22)32-28(23)30)25-13-14-31-35(25)26-8-6-7-15-36-26/h9,12-14,16,18,20-21,26H,6-8,10-11,15,17H2,1-5H3,(H2,30,32). The number of ether oxygens (including phenoxy) is 1. The van der Waals surface area contributed by atoms with Crippen LogP contribution in [0.2, 0.25) is 18.1 Å². The Morgan fingerprint density at radius 1 is 1.08 bits per heavy atom. The van der Waals surface area contributed by atoms with Crippen LogP contribution in [-0.2, 0) is 9.16 Å². The summed E-state index contributed by atoms with van der Waals surface area (Å²) in [5.41, 5.74) is 10.3. The molecule has 6 rings (SSSR count). The van der Waals surface area contributed by atoms with Crippen LogP contribution in [0.15, 0.2) is 36.7 Å². The molecular weight excluding hydrogens is 492 g/mol. The van der Waals surface area contributed by atoms with Gasteiger partial charge in [0.25, 0.3) is 0 Å².